The van der Waals surface area contributed by atoms with Crippen molar-refractivity contribution in [2.45, 2.75) is 45.6 Å². The molecule has 6 nitrogen and oxygen atoms in total. The van der Waals surface area contributed by atoms with Crippen LogP contribution in [-0.4, -0.2) is 51.0 Å². The van der Waals surface area contributed by atoms with Crippen LogP contribution >= 0.6 is 0 Å². The number of ether oxygens (including phenoxy) is 1. The van der Waals surface area contributed by atoms with Gasteiger partial charge in [-0.25, -0.2) is 4.79 Å². The predicted octanol–water partition coefficient (Wildman–Crippen LogP) is 2.00. The second-order valence-electron chi connectivity index (χ2n) is 6.34. The third-order valence-electron chi connectivity index (χ3n) is 2.98. The molecule has 1 aliphatic heterocycles. The van der Waals surface area contributed by atoms with Crippen LogP contribution < -0.4 is 0 Å². The van der Waals surface area contributed by atoms with Gasteiger partial charge in [0.2, 0.25) is 0 Å². The van der Waals surface area contributed by atoms with Crippen LogP contribution in [0.4, 0.5) is 4.79 Å². The van der Waals surface area contributed by atoms with E-state index in [1.807, 2.05) is 20.8 Å². The maximum absolute atomic E-state index is 11.9. The number of likely N-dealkylation sites (tertiary alicyclic amines) is 1. The first-order chi connectivity index (χ1) is 10.1. The molecule has 1 saturated heterocycles. The van der Waals surface area contributed by atoms with Crippen LogP contribution in [0.5, 0.6) is 0 Å². The Morgan fingerprint density at radius 3 is 2.36 bits per heavy atom. The van der Waals surface area contributed by atoms with Crippen LogP contribution in [0.1, 0.15) is 40.0 Å². The summed E-state index contributed by atoms with van der Waals surface area (Å²) in [5.41, 5.74) is -0.479. The molecule has 1 rings (SSSR count). The van der Waals surface area contributed by atoms with Crippen molar-refractivity contribution in [1.29, 1.82) is 0 Å². The van der Waals surface area contributed by atoms with E-state index in [2.05, 4.69) is 16.0 Å². The van der Waals surface area contributed by atoms with Gasteiger partial charge in [-0.1, -0.05) is 5.92 Å². The molecule has 0 saturated carbocycles. The van der Waals surface area contributed by atoms with Gasteiger partial charge in [0.1, 0.15) is 5.60 Å². The zero-order chi connectivity index (χ0) is 16.8. The van der Waals surface area contributed by atoms with E-state index in [1.54, 1.807) is 4.90 Å². The number of carbonyl (C=O) groups is 1. The molecule has 7 heteroatoms. The van der Waals surface area contributed by atoms with E-state index in [4.69, 9.17) is 4.74 Å². The number of hydrogen-bond acceptors (Lipinski definition) is 5. The van der Waals surface area contributed by atoms with Gasteiger partial charge in [-0.3, -0.25) is 4.18 Å². The summed E-state index contributed by atoms with van der Waals surface area (Å²) in [6.07, 6.45) is 2.74. The first kappa shape index (κ1) is 18.8. The molecule has 1 fully saturated rings. The Kier molecular flexibility index (Phi) is 6.69. The fraction of sp³-hybridized carbons (Fsp3) is 0.800. The van der Waals surface area contributed by atoms with Crippen molar-refractivity contribution in [2.24, 2.45) is 5.92 Å². The zero-order valence-corrected chi connectivity index (χ0v) is 14.5. The summed E-state index contributed by atoms with van der Waals surface area (Å²) >= 11 is 0. The molecule has 0 atom stereocenters. The molecular weight excluding hydrogens is 306 g/mol. The van der Waals surface area contributed by atoms with Gasteiger partial charge in [-0.2, -0.15) is 8.42 Å². The van der Waals surface area contributed by atoms with Gasteiger partial charge < -0.3 is 9.64 Å². The Bertz CT molecular complexity index is 531. The number of piperidine rings is 1. The van der Waals surface area contributed by atoms with Crippen molar-refractivity contribution in [3.63, 3.8) is 0 Å². The summed E-state index contributed by atoms with van der Waals surface area (Å²) in [5, 5.41) is 0. The van der Waals surface area contributed by atoms with Crippen LogP contribution in [0.2, 0.25) is 0 Å². The van der Waals surface area contributed by atoms with Gasteiger partial charge in [0.25, 0.3) is 10.1 Å². The molecule has 1 amide bonds. The van der Waals surface area contributed by atoms with E-state index in [0.29, 0.717) is 19.5 Å². The van der Waals surface area contributed by atoms with Gasteiger partial charge in [-0.15, -0.1) is 5.92 Å². The quantitative estimate of drug-likeness (QED) is 0.449. The second kappa shape index (κ2) is 7.84. The summed E-state index contributed by atoms with van der Waals surface area (Å²) in [5.74, 6) is 6.28. The van der Waals surface area contributed by atoms with Crippen LogP contribution in [0.15, 0.2) is 0 Å². The lowest BCUT2D eigenvalue weighted by molar-refractivity contribution is 0.0199. The third kappa shape index (κ3) is 8.25. The Morgan fingerprint density at radius 1 is 1.27 bits per heavy atom. The summed E-state index contributed by atoms with van der Waals surface area (Å²) < 4.78 is 31.5. The molecule has 0 unspecified atom stereocenters. The van der Waals surface area contributed by atoms with Crippen molar-refractivity contribution in [3.05, 3.63) is 0 Å². The van der Waals surface area contributed by atoms with Gasteiger partial charge in [0.05, 0.1) is 12.9 Å². The molecule has 0 radical (unpaired) electrons. The van der Waals surface area contributed by atoms with Crippen molar-refractivity contribution >= 4 is 16.2 Å². The molecule has 0 aliphatic carbocycles. The van der Waals surface area contributed by atoms with Gasteiger partial charge in [0, 0.05) is 25.4 Å². The van der Waals surface area contributed by atoms with E-state index in [0.717, 1.165) is 19.1 Å². The Hall–Kier alpha value is -1.26. The summed E-state index contributed by atoms with van der Waals surface area (Å²) in [4.78, 5) is 13.6. The Morgan fingerprint density at radius 2 is 1.86 bits per heavy atom. The smallest absolute Gasteiger partial charge is 0.410 e. The average molecular weight is 331 g/mol. The first-order valence-corrected chi connectivity index (χ1v) is 9.19. The molecule has 0 spiro atoms. The SMILES string of the molecule is CC(C)(C)OC(=O)N1CCC(C#CCCOS(C)(=O)=O)CC1. The highest BCUT2D eigenvalue weighted by molar-refractivity contribution is 7.85. The van der Waals surface area contributed by atoms with E-state index in [9.17, 15) is 13.2 Å². The number of hydrogen-bond donors (Lipinski definition) is 0. The number of amides is 1. The third-order valence-corrected chi connectivity index (χ3v) is 3.57. The topological polar surface area (TPSA) is 72.9 Å². The fourth-order valence-corrected chi connectivity index (χ4v) is 2.38. The zero-order valence-electron chi connectivity index (χ0n) is 13.7. The summed E-state index contributed by atoms with van der Waals surface area (Å²) in [6.45, 7) is 6.90. The molecule has 1 aliphatic rings. The lowest BCUT2D eigenvalue weighted by atomic mass is 9.97. The van der Waals surface area contributed by atoms with Crippen LogP contribution in [0.3, 0.4) is 0 Å². The van der Waals surface area contributed by atoms with E-state index < -0.39 is 15.7 Å². The predicted molar refractivity (Wildman–Crippen MR) is 83.7 cm³/mol. The molecule has 0 aromatic rings. The highest BCUT2D eigenvalue weighted by Gasteiger charge is 2.26. The first-order valence-electron chi connectivity index (χ1n) is 7.37. The standard InChI is InChI=1S/C15H25NO5S/c1-15(2,3)21-14(17)16-10-8-13(9-11-16)7-5-6-12-20-22(4,18)19/h13H,6,8-12H2,1-4H3. The minimum absolute atomic E-state index is 0.0859. The van der Waals surface area contributed by atoms with Crippen molar-refractivity contribution < 1.29 is 22.1 Å². The van der Waals surface area contributed by atoms with Crippen LogP contribution in [0.25, 0.3) is 0 Å². The Labute approximate surface area is 133 Å². The van der Waals surface area contributed by atoms with Gasteiger partial charge >= 0.3 is 6.09 Å². The van der Waals surface area contributed by atoms with Crippen molar-refractivity contribution in [1.82, 2.24) is 4.90 Å². The normalized spacial score (nSPS) is 16.8. The highest BCUT2D eigenvalue weighted by Crippen LogP contribution is 2.19. The lowest BCUT2D eigenvalue weighted by Gasteiger charge is -2.31. The van der Waals surface area contributed by atoms with Crippen LogP contribution in [-0.2, 0) is 19.0 Å². The molecule has 0 N–H and O–H groups in total. The van der Waals surface area contributed by atoms with Crippen molar-refractivity contribution in [3.8, 4) is 11.8 Å². The number of rotatable bonds is 3. The molecule has 126 valence electrons. The maximum atomic E-state index is 11.9. The van der Waals surface area contributed by atoms with E-state index in [-0.39, 0.29) is 18.6 Å². The maximum Gasteiger partial charge on any atom is 0.410 e. The van der Waals surface area contributed by atoms with E-state index >= 15 is 0 Å². The highest BCUT2D eigenvalue weighted by atomic mass is 32.2. The minimum Gasteiger partial charge on any atom is -0.444 e. The molecule has 1 heterocycles. The number of carbonyl (C=O) groups excluding carboxylic acids is 1. The van der Waals surface area contributed by atoms with Gasteiger partial charge in [0.15, 0.2) is 0 Å². The molecular formula is C15H25NO5S. The van der Waals surface area contributed by atoms with E-state index in [1.165, 1.54) is 0 Å². The molecule has 22 heavy (non-hydrogen) atoms. The Balaban J connectivity index is 2.30. The molecule has 0 bridgehead atoms. The van der Waals surface area contributed by atoms with Gasteiger partial charge in [-0.05, 0) is 33.6 Å². The largest absolute Gasteiger partial charge is 0.444 e. The summed E-state index contributed by atoms with van der Waals surface area (Å²) in [6, 6.07) is 0. The minimum atomic E-state index is -3.39. The molecule has 0 aromatic heterocycles. The lowest BCUT2D eigenvalue weighted by Crippen LogP contribution is -2.41. The van der Waals surface area contributed by atoms with Crippen LogP contribution in [0, 0.1) is 17.8 Å². The fourth-order valence-electron chi connectivity index (χ4n) is 1.99. The second-order valence-corrected chi connectivity index (χ2v) is 7.98. The van der Waals surface area contributed by atoms with Crippen molar-refractivity contribution in [2.75, 3.05) is 26.0 Å². The summed E-state index contributed by atoms with van der Waals surface area (Å²) in [7, 11) is -3.39. The molecule has 0 aromatic carbocycles. The monoisotopic (exact) mass is 331 g/mol. The average Bonchev–Trinajstić information content (AvgIpc) is 2.35. The number of nitrogens with zero attached hydrogens (tertiary/aromatic N) is 1.